The minimum absolute atomic E-state index is 0.219. The van der Waals surface area contributed by atoms with Gasteiger partial charge in [-0.3, -0.25) is 4.90 Å². The number of hydrogen-bond acceptors (Lipinski definition) is 4. The average molecular weight is 255 g/mol. The minimum atomic E-state index is -0.322. The number of piperazine rings is 1. The number of hydrogen-bond donors (Lipinski definition) is 2. The molecule has 0 radical (unpaired) electrons. The fourth-order valence-electron chi connectivity index (χ4n) is 1.82. The zero-order chi connectivity index (χ0) is 12.1. The smallest absolute Gasteiger partial charge is 0.147 e. The number of halogens is 1. The maximum Gasteiger partial charge on any atom is 0.147 e. The number of nitrogen functional groups attached to an aromatic ring is 1. The molecule has 2 rings (SSSR count). The van der Waals surface area contributed by atoms with Crippen LogP contribution in [-0.4, -0.2) is 43.4 Å². The van der Waals surface area contributed by atoms with Crippen LogP contribution in [0, 0.1) is 5.82 Å². The molecule has 0 aliphatic carbocycles. The molecule has 0 bridgehead atoms. The van der Waals surface area contributed by atoms with Crippen molar-refractivity contribution in [1.29, 1.82) is 0 Å². The number of benzene rings is 1. The highest BCUT2D eigenvalue weighted by molar-refractivity contribution is 7.99. The number of rotatable bonds is 4. The molecule has 0 saturated carbocycles. The van der Waals surface area contributed by atoms with Gasteiger partial charge in [0, 0.05) is 43.4 Å². The van der Waals surface area contributed by atoms with Crippen molar-refractivity contribution >= 4 is 17.4 Å². The lowest BCUT2D eigenvalue weighted by Gasteiger charge is -2.26. The summed E-state index contributed by atoms with van der Waals surface area (Å²) in [5, 5.41) is 3.32. The number of nitrogens with two attached hydrogens (primary N) is 1. The van der Waals surface area contributed by atoms with Crippen molar-refractivity contribution < 1.29 is 4.39 Å². The monoisotopic (exact) mass is 255 g/mol. The fourth-order valence-corrected chi connectivity index (χ4v) is 2.76. The summed E-state index contributed by atoms with van der Waals surface area (Å²) in [7, 11) is 0. The molecule has 0 aromatic heterocycles. The Labute approximate surface area is 106 Å². The molecular formula is C12H18FN3S. The number of nitrogens with zero attached hydrogens (tertiary/aromatic N) is 1. The van der Waals surface area contributed by atoms with Crippen LogP contribution in [0.2, 0.25) is 0 Å². The van der Waals surface area contributed by atoms with Gasteiger partial charge in [0.15, 0.2) is 0 Å². The highest BCUT2D eigenvalue weighted by atomic mass is 32.2. The maximum absolute atomic E-state index is 13.2. The van der Waals surface area contributed by atoms with Gasteiger partial charge in [0.1, 0.15) is 5.82 Å². The SMILES string of the molecule is Nc1ccc(SCCN2CCNCC2)cc1F. The van der Waals surface area contributed by atoms with Crippen LogP contribution in [0.3, 0.4) is 0 Å². The van der Waals surface area contributed by atoms with Gasteiger partial charge in [-0.05, 0) is 18.2 Å². The van der Waals surface area contributed by atoms with Crippen LogP contribution in [0.1, 0.15) is 0 Å². The van der Waals surface area contributed by atoms with Crippen LogP contribution in [-0.2, 0) is 0 Å². The molecule has 3 N–H and O–H groups in total. The summed E-state index contributed by atoms with van der Waals surface area (Å²) in [6.07, 6.45) is 0. The predicted molar refractivity (Wildman–Crippen MR) is 70.8 cm³/mol. The van der Waals surface area contributed by atoms with Crippen molar-refractivity contribution in [2.75, 3.05) is 44.2 Å². The molecule has 94 valence electrons. The summed E-state index contributed by atoms with van der Waals surface area (Å²) in [6, 6.07) is 5.01. The van der Waals surface area contributed by atoms with E-state index in [2.05, 4.69) is 10.2 Å². The van der Waals surface area contributed by atoms with Gasteiger partial charge in [-0.25, -0.2) is 4.39 Å². The standard InChI is InChI=1S/C12H18FN3S/c13-11-9-10(1-2-12(11)14)17-8-7-16-5-3-15-4-6-16/h1-2,9,15H,3-8,14H2. The fraction of sp³-hybridized carbons (Fsp3) is 0.500. The van der Waals surface area contributed by atoms with Crippen LogP contribution >= 0.6 is 11.8 Å². The Kier molecular flexibility index (Phi) is 4.65. The van der Waals surface area contributed by atoms with Gasteiger partial charge in [0.2, 0.25) is 0 Å². The van der Waals surface area contributed by atoms with Crippen LogP contribution < -0.4 is 11.1 Å². The second-order valence-corrected chi connectivity index (χ2v) is 5.29. The van der Waals surface area contributed by atoms with Gasteiger partial charge in [-0.1, -0.05) is 0 Å². The summed E-state index contributed by atoms with van der Waals surface area (Å²) in [6.45, 7) is 5.41. The largest absolute Gasteiger partial charge is 0.396 e. The Morgan fingerprint density at radius 1 is 1.35 bits per heavy atom. The Morgan fingerprint density at radius 3 is 2.82 bits per heavy atom. The van der Waals surface area contributed by atoms with Crippen LogP contribution in [0.5, 0.6) is 0 Å². The molecule has 0 spiro atoms. The van der Waals surface area contributed by atoms with Crippen molar-refractivity contribution in [3.05, 3.63) is 24.0 Å². The van der Waals surface area contributed by atoms with E-state index in [4.69, 9.17) is 5.73 Å². The van der Waals surface area contributed by atoms with Crippen LogP contribution in [0.15, 0.2) is 23.1 Å². The minimum Gasteiger partial charge on any atom is -0.396 e. The number of anilines is 1. The lowest BCUT2D eigenvalue weighted by atomic mass is 10.3. The highest BCUT2D eigenvalue weighted by Crippen LogP contribution is 2.21. The second kappa shape index (κ2) is 6.23. The van der Waals surface area contributed by atoms with Gasteiger partial charge in [0.25, 0.3) is 0 Å². The molecular weight excluding hydrogens is 237 g/mol. The van der Waals surface area contributed by atoms with E-state index in [0.29, 0.717) is 0 Å². The van der Waals surface area contributed by atoms with Crippen molar-refractivity contribution in [2.45, 2.75) is 4.90 Å². The molecule has 1 heterocycles. The summed E-state index contributed by atoms with van der Waals surface area (Å²) < 4.78 is 13.2. The summed E-state index contributed by atoms with van der Waals surface area (Å²) >= 11 is 1.68. The molecule has 3 nitrogen and oxygen atoms in total. The van der Waals surface area contributed by atoms with Crippen LogP contribution in [0.25, 0.3) is 0 Å². The molecule has 1 aliphatic heterocycles. The maximum atomic E-state index is 13.2. The third-order valence-electron chi connectivity index (χ3n) is 2.86. The van der Waals surface area contributed by atoms with E-state index in [9.17, 15) is 4.39 Å². The molecule has 0 unspecified atom stereocenters. The van der Waals surface area contributed by atoms with Crippen molar-refractivity contribution in [1.82, 2.24) is 10.2 Å². The van der Waals surface area contributed by atoms with Crippen molar-refractivity contribution in [2.24, 2.45) is 0 Å². The molecule has 1 aliphatic rings. The van der Waals surface area contributed by atoms with E-state index in [1.54, 1.807) is 17.8 Å². The molecule has 0 atom stereocenters. The van der Waals surface area contributed by atoms with Gasteiger partial charge in [0.05, 0.1) is 5.69 Å². The molecule has 1 fully saturated rings. The number of thioether (sulfide) groups is 1. The van der Waals surface area contributed by atoms with Gasteiger partial charge in [-0.2, -0.15) is 0 Å². The Hall–Kier alpha value is -0.780. The van der Waals surface area contributed by atoms with E-state index in [1.807, 2.05) is 6.07 Å². The molecule has 0 amide bonds. The Bertz CT molecular complexity index is 367. The third-order valence-corrected chi connectivity index (χ3v) is 3.83. The van der Waals surface area contributed by atoms with E-state index >= 15 is 0 Å². The second-order valence-electron chi connectivity index (χ2n) is 4.12. The topological polar surface area (TPSA) is 41.3 Å². The zero-order valence-corrected chi connectivity index (χ0v) is 10.6. The summed E-state index contributed by atoms with van der Waals surface area (Å²) in [5.74, 6) is 0.667. The van der Waals surface area contributed by atoms with Gasteiger partial charge >= 0.3 is 0 Å². The van der Waals surface area contributed by atoms with Gasteiger partial charge < -0.3 is 11.1 Å². The van der Waals surface area contributed by atoms with E-state index in [-0.39, 0.29) is 11.5 Å². The first-order valence-electron chi connectivity index (χ1n) is 5.86. The van der Waals surface area contributed by atoms with E-state index in [0.717, 1.165) is 43.4 Å². The molecule has 17 heavy (non-hydrogen) atoms. The molecule has 1 aromatic rings. The summed E-state index contributed by atoms with van der Waals surface area (Å²) in [4.78, 5) is 3.38. The van der Waals surface area contributed by atoms with Gasteiger partial charge in [-0.15, -0.1) is 11.8 Å². The normalized spacial score (nSPS) is 17.2. The summed E-state index contributed by atoms with van der Waals surface area (Å²) in [5.41, 5.74) is 5.65. The molecule has 1 saturated heterocycles. The van der Waals surface area contributed by atoms with Crippen molar-refractivity contribution in [3.63, 3.8) is 0 Å². The van der Waals surface area contributed by atoms with E-state index < -0.39 is 0 Å². The molecule has 1 aromatic carbocycles. The number of nitrogens with one attached hydrogen (secondary N) is 1. The average Bonchev–Trinajstić information content (AvgIpc) is 2.35. The Morgan fingerprint density at radius 2 is 2.12 bits per heavy atom. The van der Waals surface area contributed by atoms with E-state index in [1.165, 1.54) is 6.07 Å². The highest BCUT2D eigenvalue weighted by Gasteiger charge is 2.09. The predicted octanol–water partition coefficient (Wildman–Crippen LogP) is 1.41. The van der Waals surface area contributed by atoms with Crippen LogP contribution in [0.4, 0.5) is 10.1 Å². The Balaban J connectivity index is 1.75. The lowest BCUT2D eigenvalue weighted by Crippen LogP contribution is -2.44. The first-order valence-corrected chi connectivity index (χ1v) is 6.85. The van der Waals surface area contributed by atoms with Crippen molar-refractivity contribution in [3.8, 4) is 0 Å². The quantitative estimate of drug-likeness (QED) is 0.630. The first-order chi connectivity index (χ1) is 8.25. The first kappa shape index (κ1) is 12.7. The third kappa shape index (κ3) is 3.87. The molecule has 5 heteroatoms. The zero-order valence-electron chi connectivity index (χ0n) is 9.79. The lowest BCUT2D eigenvalue weighted by molar-refractivity contribution is 0.255.